The molecule has 0 fully saturated rings. The maximum Gasteiger partial charge on any atom is 0.320 e. The second kappa shape index (κ2) is 8.01. The maximum absolute atomic E-state index is 11.0. The van der Waals surface area contributed by atoms with Crippen molar-refractivity contribution in [1.29, 1.82) is 0 Å². The van der Waals surface area contributed by atoms with Crippen LogP contribution in [0.25, 0.3) is 0 Å². The van der Waals surface area contributed by atoms with Crippen LogP contribution in [0.1, 0.15) is 26.7 Å². The number of hydrogen-bond donors (Lipinski definition) is 2. The Morgan fingerprint density at radius 2 is 2.15 bits per heavy atom. The van der Waals surface area contributed by atoms with Crippen molar-refractivity contribution in [1.82, 2.24) is 5.32 Å². The second-order valence-electron chi connectivity index (χ2n) is 3.15. The number of hydrogen-bond acceptors (Lipinski definition) is 4. The predicted molar refractivity (Wildman–Crippen MR) is 50.4 cm³/mol. The van der Waals surface area contributed by atoms with Gasteiger partial charge in [-0.05, 0) is 33.2 Å². The van der Waals surface area contributed by atoms with E-state index in [1.807, 2.05) is 13.8 Å². The number of rotatable bonds is 7. The predicted octanol–water partition coefficient (Wildman–Crippen LogP) is 0.300. The molecule has 2 N–H and O–H groups in total. The first-order valence-electron chi connectivity index (χ1n) is 4.68. The molecular formula is C9H19NO3. The largest absolute Gasteiger partial charge is 0.462 e. The Hall–Kier alpha value is -0.610. The van der Waals surface area contributed by atoms with Gasteiger partial charge in [-0.15, -0.1) is 0 Å². The summed E-state index contributed by atoms with van der Waals surface area (Å²) in [5.41, 5.74) is 0. The average molecular weight is 189 g/mol. The normalized spacial score (nSPS) is 10.5. The molecule has 0 rings (SSSR count). The van der Waals surface area contributed by atoms with E-state index in [-0.39, 0.29) is 25.2 Å². The van der Waals surface area contributed by atoms with Crippen LogP contribution in [-0.4, -0.2) is 36.9 Å². The molecule has 4 heteroatoms. The Bertz CT molecular complexity index is 137. The molecule has 4 nitrogen and oxygen atoms in total. The van der Waals surface area contributed by atoms with Crippen LogP contribution in [0.3, 0.4) is 0 Å². The molecule has 0 aromatic carbocycles. The molecule has 0 unspecified atom stereocenters. The fourth-order valence-corrected chi connectivity index (χ4v) is 0.857. The topological polar surface area (TPSA) is 58.6 Å². The highest BCUT2D eigenvalue weighted by Crippen LogP contribution is 1.88. The van der Waals surface area contributed by atoms with E-state index in [4.69, 9.17) is 9.84 Å². The molecule has 0 bridgehead atoms. The van der Waals surface area contributed by atoms with Crippen molar-refractivity contribution in [3.05, 3.63) is 0 Å². The lowest BCUT2D eigenvalue weighted by Gasteiger charge is -2.08. The van der Waals surface area contributed by atoms with Crippen LogP contribution in [0.2, 0.25) is 0 Å². The summed E-state index contributed by atoms with van der Waals surface area (Å²) in [5, 5.41) is 11.4. The molecule has 0 aromatic heterocycles. The Labute approximate surface area is 79.3 Å². The highest BCUT2D eigenvalue weighted by atomic mass is 16.5. The van der Waals surface area contributed by atoms with Crippen molar-refractivity contribution in [3.8, 4) is 0 Å². The third kappa shape index (κ3) is 9.30. The summed E-state index contributed by atoms with van der Waals surface area (Å²) in [7, 11) is 0. The van der Waals surface area contributed by atoms with Crippen LogP contribution in [0.15, 0.2) is 0 Å². The number of aliphatic hydroxyl groups is 1. The highest BCUT2D eigenvalue weighted by molar-refractivity contribution is 5.71. The zero-order valence-electron chi connectivity index (χ0n) is 8.38. The van der Waals surface area contributed by atoms with Crippen molar-refractivity contribution >= 4 is 5.97 Å². The summed E-state index contributed by atoms with van der Waals surface area (Å²) in [5.74, 6) is -0.223. The zero-order valence-corrected chi connectivity index (χ0v) is 8.38. The number of aliphatic hydroxyl groups excluding tert-OH is 1. The Morgan fingerprint density at radius 1 is 1.46 bits per heavy atom. The van der Waals surface area contributed by atoms with Gasteiger partial charge in [0.25, 0.3) is 0 Å². The number of nitrogens with one attached hydrogen (secondary N) is 1. The minimum absolute atomic E-state index is 0.0493. The van der Waals surface area contributed by atoms with Crippen LogP contribution in [0.5, 0.6) is 0 Å². The third-order valence-corrected chi connectivity index (χ3v) is 1.40. The Kier molecular flexibility index (Phi) is 7.63. The van der Waals surface area contributed by atoms with E-state index < -0.39 is 0 Å². The van der Waals surface area contributed by atoms with Gasteiger partial charge in [0, 0.05) is 6.61 Å². The molecule has 0 aliphatic heterocycles. The van der Waals surface area contributed by atoms with Gasteiger partial charge in [0.05, 0.1) is 12.6 Å². The van der Waals surface area contributed by atoms with E-state index in [0.717, 1.165) is 19.4 Å². The van der Waals surface area contributed by atoms with Gasteiger partial charge in [-0.2, -0.15) is 0 Å². The van der Waals surface area contributed by atoms with E-state index >= 15 is 0 Å². The summed E-state index contributed by atoms with van der Waals surface area (Å²) in [4.78, 5) is 11.0. The smallest absolute Gasteiger partial charge is 0.320 e. The van der Waals surface area contributed by atoms with Gasteiger partial charge in [0.1, 0.15) is 0 Å². The number of unbranched alkanes of at least 4 members (excludes halogenated alkanes) is 1. The quantitative estimate of drug-likeness (QED) is 0.447. The monoisotopic (exact) mass is 189 g/mol. The first-order chi connectivity index (χ1) is 6.16. The van der Waals surface area contributed by atoms with Crippen LogP contribution in [0.4, 0.5) is 0 Å². The van der Waals surface area contributed by atoms with Gasteiger partial charge in [-0.1, -0.05) is 0 Å². The van der Waals surface area contributed by atoms with Gasteiger partial charge >= 0.3 is 5.97 Å². The lowest BCUT2D eigenvalue weighted by atomic mass is 10.3. The summed E-state index contributed by atoms with van der Waals surface area (Å²) in [6.45, 7) is 4.85. The van der Waals surface area contributed by atoms with Crippen molar-refractivity contribution in [2.75, 3.05) is 19.7 Å². The first-order valence-corrected chi connectivity index (χ1v) is 4.68. The lowest BCUT2D eigenvalue weighted by molar-refractivity contribution is -0.146. The molecule has 0 aliphatic carbocycles. The standard InChI is InChI=1S/C9H19NO3/c1-8(2)13-9(12)7-10-5-3-4-6-11/h8,10-11H,3-7H2,1-2H3. The van der Waals surface area contributed by atoms with E-state index in [1.54, 1.807) is 0 Å². The molecule has 78 valence electrons. The second-order valence-corrected chi connectivity index (χ2v) is 3.15. The van der Waals surface area contributed by atoms with Crippen LogP contribution < -0.4 is 5.32 Å². The lowest BCUT2D eigenvalue weighted by Crippen LogP contribution is -2.27. The van der Waals surface area contributed by atoms with E-state index in [1.165, 1.54) is 0 Å². The maximum atomic E-state index is 11.0. The van der Waals surface area contributed by atoms with Crippen LogP contribution in [0, 0.1) is 0 Å². The van der Waals surface area contributed by atoms with E-state index in [0.29, 0.717) is 0 Å². The Balaban J connectivity index is 3.17. The number of esters is 1. The first kappa shape index (κ1) is 12.4. The molecule has 0 saturated heterocycles. The molecule has 0 spiro atoms. The SMILES string of the molecule is CC(C)OC(=O)CNCCCCO. The van der Waals surface area contributed by atoms with Gasteiger partial charge in [-0.3, -0.25) is 4.79 Å². The number of carbonyl (C=O) groups excluding carboxylic acids is 1. The van der Waals surface area contributed by atoms with E-state index in [9.17, 15) is 4.79 Å². The van der Waals surface area contributed by atoms with Gasteiger partial charge in [0.2, 0.25) is 0 Å². The van der Waals surface area contributed by atoms with Gasteiger partial charge in [0.15, 0.2) is 0 Å². The molecule has 0 atom stereocenters. The molecule has 13 heavy (non-hydrogen) atoms. The molecule has 0 aliphatic rings. The Morgan fingerprint density at radius 3 is 2.69 bits per heavy atom. The summed E-state index contributed by atoms with van der Waals surface area (Å²) in [6, 6.07) is 0. The van der Waals surface area contributed by atoms with Gasteiger partial charge in [-0.25, -0.2) is 0 Å². The minimum Gasteiger partial charge on any atom is -0.462 e. The molecule has 0 radical (unpaired) electrons. The fourth-order valence-electron chi connectivity index (χ4n) is 0.857. The van der Waals surface area contributed by atoms with E-state index in [2.05, 4.69) is 5.32 Å². The number of ether oxygens (including phenoxy) is 1. The minimum atomic E-state index is -0.223. The summed E-state index contributed by atoms with van der Waals surface area (Å²) < 4.78 is 4.91. The molecule has 0 amide bonds. The van der Waals surface area contributed by atoms with Crippen molar-refractivity contribution in [3.63, 3.8) is 0 Å². The highest BCUT2D eigenvalue weighted by Gasteiger charge is 2.03. The average Bonchev–Trinajstić information content (AvgIpc) is 2.02. The molecule has 0 aromatic rings. The zero-order chi connectivity index (χ0) is 10.1. The van der Waals surface area contributed by atoms with Crippen LogP contribution in [-0.2, 0) is 9.53 Å². The third-order valence-electron chi connectivity index (χ3n) is 1.40. The van der Waals surface area contributed by atoms with Crippen molar-refractivity contribution in [2.24, 2.45) is 0 Å². The summed E-state index contributed by atoms with van der Waals surface area (Å²) in [6.07, 6.45) is 1.60. The fraction of sp³-hybridized carbons (Fsp3) is 0.889. The molecule has 0 heterocycles. The van der Waals surface area contributed by atoms with Gasteiger partial charge < -0.3 is 15.2 Å². The molecule has 0 saturated carbocycles. The van der Waals surface area contributed by atoms with Crippen molar-refractivity contribution in [2.45, 2.75) is 32.8 Å². The number of carbonyl (C=O) groups is 1. The van der Waals surface area contributed by atoms with Crippen molar-refractivity contribution < 1.29 is 14.6 Å². The summed E-state index contributed by atoms with van der Waals surface area (Å²) >= 11 is 0. The van der Waals surface area contributed by atoms with Crippen LogP contribution >= 0.6 is 0 Å². The molecular weight excluding hydrogens is 170 g/mol.